The van der Waals surface area contributed by atoms with Crippen LogP contribution in [0.4, 0.5) is 5.69 Å². The molecule has 1 N–H and O–H groups in total. The van der Waals surface area contributed by atoms with Gasteiger partial charge in [0.2, 0.25) is 11.8 Å². The summed E-state index contributed by atoms with van der Waals surface area (Å²) in [5, 5.41) is 21.3. The van der Waals surface area contributed by atoms with Crippen LogP contribution in [0.3, 0.4) is 0 Å². The van der Waals surface area contributed by atoms with Gasteiger partial charge in [-0.2, -0.15) is 0 Å². The van der Waals surface area contributed by atoms with Crippen LogP contribution in [0.15, 0.2) is 22.6 Å². The molecule has 1 aromatic carbocycles. The molecule has 7 nitrogen and oxygen atoms in total. The van der Waals surface area contributed by atoms with Crippen molar-refractivity contribution in [1.82, 2.24) is 15.5 Å². The predicted molar refractivity (Wildman–Crippen MR) is 63.9 cm³/mol. The Kier molecular flexibility index (Phi) is 3.33. The Morgan fingerprint density at radius 3 is 2.83 bits per heavy atom. The van der Waals surface area contributed by atoms with Crippen molar-refractivity contribution in [3.05, 3.63) is 39.8 Å². The van der Waals surface area contributed by atoms with Crippen molar-refractivity contribution in [2.45, 2.75) is 13.5 Å². The Morgan fingerprint density at radius 2 is 2.22 bits per heavy atom. The van der Waals surface area contributed by atoms with E-state index in [9.17, 15) is 10.1 Å². The van der Waals surface area contributed by atoms with E-state index in [4.69, 9.17) is 4.42 Å². The average Bonchev–Trinajstić information content (AvgIpc) is 2.77. The fraction of sp³-hybridized carbons (Fsp3) is 0.273. The molecule has 0 bridgehead atoms. The first kappa shape index (κ1) is 12.2. The molecule has 0 fully saturated rings. The zero-order chi connectivity index (χ0) is 13.1. The summed E-state index contributed by atoms with van der Waals surface area (Å²) in [6.45, 7) is 2.25. The van der Waals surface area contributed by atoms with Crippen molar-refractivity contribution in [2.75, 3.05) is 7.05 Å². The minimum absolute atomic E-state index is 0.0474. The standard InChI is InChI=1S/C11H12N4O3/c1-7-5-8(15(16)17)3-4-9(7)11-14-13-10(18-11)6-12-2/h3-5,12H,6H2,1-2H3. The van der Waals surface area contributed by atoms with Gasteiger partial charge < -0.3 is 9.73 Å². The van der Waals surface area contributed by atoms with E-state index in [1.54, 1.807) is 20.0 Å². The molecule has 2 rings (SSSR count). The Labute approximate surface area is 103 Å². The summed E-state index contributed by atoms with van der Waals surface area (Å²) in [6, 6.07) is 4.52. The largest absolute Gasteiger partial charge is 0.419 e. The maximum absolute atomic E-state index is 10.6. The number of nitro groups is 1. The normalized spacial score (nSPS) is 10.6. The van der Waals surface area contributed by atoms with Crippen LogP contribution in [-0.4, -0.2) is 22.2 Å². The second-order valence-corrected chi connectivity index (χ2v) is 3.79. The fourth-order valence-corrected chi connectivity index (χ4v) is 1.59. The lowest BCUT2D eigenvalue weighted by Crippen LogP contribution is -2.04. The molecule has 0 atom stereocenters. The summed E-state index contributed by atoms with van der Waals surface area (Å²) in [4.78, 5) is 10.2. The molecule has 0 spiro atoms. The third-order valence-corrected chi connectivity index (χ3v) is 2.45. The fourth-order valence-electron chi connectivity index (χ4n) is 1.59. The molecule has 0 saturated heterocycles. The summed E-state index contributed by atoms with van der Waals surface area (Å²) < 4.78 is 5.44. The van der Waals surface area contributed by atoms with E-state index in [0.29, 0.717) is 23.9 Å². The Hall–Kier alpha value is -2.28. The van der Waals surface area contributed by atoms with Crippen LogP contribution in [0, 0.1) is 17.0 Å². The van der Waals surface area contributed by atoms with Gasteiger partial charge in [0.25, 0.3) is 5.69 Å². The molecule has 18 heavy (non-hydrogen) atoms. The number of benzene rings is 1. The van der Waals surface area contributed by atoms with Crippen molar-refractivity contribution in [1.29, 1.82) is 0 Å². The number of aryl methyl sites for hydroxylation is 1. The van der Waals surface area contributed by atoms with Crippen LogP contribution in [-0.2, 0) is 6.54 Å². The smallest absolute Gasteiger partial charge is 0.269 e. The highest BCUT2D eigenvalue weighted by molar-refractivity contribution is 5.60. The first-order valence-electron chi connectivity index (χ1n) is 5.34. The van der Waals surface area contributed by atoms with Crippen LogP contribution in [0.2, 0.25) is 0 Å². The molecule has 94 valence electrons. The Bertz CT molecular complexity index is 579. The van der Waals surface area contributed by atoms with Crippen LogP contribution < -0.4 is 5.32 Å². The molecule has 0 aliphatic carbocycles. The number of hydrogen-bond donors (Lipinski definition) is 1. The molecular formula is C11H12N4O3. The summed E-state index contributed by atoms with van der Waals surface area (Å²) in [5.41, 5.74) is 1.48. The number of nitro benzene ring substituents is 1. The van der Waals surface area contributed by atoms with Crippen molar-refractivity contribution in [3.63, 3.8) is 0 Å². The zero-order valence-electron chi connectivity index (χ0n) is 10.0. The van der Waals surface area contributed by atoms with Gasteiger partial charge in [0, 0.05) is 17.7 Å². The van der Waals surface area contributed by atoms with E-state index in [0.717, 1.165) is 5.56 Å². The second kappa shape index (κ2) is 4.92. The number of rotatable bonds is 4. The van der Waals surface area contributed by atoms with E-state index < -0.39 is 4.92 Å². The van der Waals surface area contributed by atoms with Gasteiger partial charge >= 0.3 is 0 Å². The lowest BCUT2D eigenvalue weighted by Gasteiger charge is -2.00. The van der Waals surface area contributed by atoms with Gasteiger partial charge in [-0.25, -0.2) is 0 Å². The maximum Gasteiger partial charge on any atom is 0.269 e. The van der Waals surface area contributed by atoms with E-state index in [2.05, 4.69) is 15.5 Å². The first-order chi connectivity index (χ1) is 8.61. The minimum atomic E-state index is -0.434. The van der Waals surface area contributed by atoms with Gasteiger partial charge in [0.1, 0.15) is 0 Å². The van der Waals surface area contributed by atoms with Gasteiger partial charge in [-0.05, 0) is 25.6 Å². The highest BCUT2D eigenvalue weighted by Crippen LogP contribution is 2.25. The first-order valence-corrected chi connectivity index (χ1v) is 5.34. The van der Waals surface area contributed by atoms with Gasteiger partial charge in [-0.15, -0.1) is 10.2 Å². The monoisotopic (exact) mass is 248 g/mol. The van der Waals surface area contributed by atoms with Crippen LogP contribution >= 0.6 is 0 Å². The zero-order valence-corrected chi connectivity index (χ0v) is 10.0. The van der Waals surface area contributed by atoms with E-state index >= 15 is 0 Å². The average molecular weight is 248 g/mol. The summed E-state index contributed by atoms with van der Waals surface area (Å²) in [7, 11) is 1.78. The molecule has 1 aromatic heterocycles. The van der Waals surface area contributed by atoms with Gasteiger partial charge in [-0.3, -0.25) is 10.1 Å². The minimum Gasteiger partial charge on any atom is -0.419 e. The van der Waals surface area contributed by atoms with Crippen molar-refractivity contribution in [2.24, 2.45) is 0 Å². The molecule has 0 aliphatic heterocycles. The molecule has 1 heterocycles. The molecule has 0 aliphatic rings. The number of aromatic nitrogens is 2. The highest BCUT2D eigenvalue weighted by atomic mass is 16.6. The molecule has 0 unspecified atom stereocenters. The molecule has 2 aromatic rings. The summed E-state index contributed by atoms with van der Waals surface area (Å²) >= 11 is 0. The van der Waals surface area contributed by atoms with E-state index in [-0.39, 0.29) is 5.69 Å². The van der Waals surface area contributed by atoms with Gasteiger partial charge in [-0.1, -0.05) is 0 Å². The van der Waals surface area contributed by atoms with Crippen molar-refractivity contribution >= 4 is 5.69 Å². The van der Waals surface area contributed by atoms with Gasteiger partial charge in [0.05, 0.1) is 11.5 Å². The molecule has 7 heteroatoms. The van der Waals surface area contributed by atoms with Crippen LogP contribution in [0.5, 0.6) is 0 Å². The molecule has 0 saturated carbocycles. The third-order valence-electron chi connectivity index (χ3n) is 2.45. The predicted octanol–water partition coefficient (Wildman–Crippen LogP) is 1.67. The lowest BCUT2D eigenvalue weighted by molar-refractivity contribution is -0.384. The number of nitrogens with zero attached hydrogens (tertiary/aromatic N) is 3. The Morgan fingerprint density at radius 1 is 1.44 bits per heavy atom. The van der Waals surface area contributed by atoms with Crippen molar-refractivity contribution < 1.29 is 9.34 Å². The molecule has 0 radical (unpaired) electrons. The van der Waals surface area contributed by atoms with E-state index in [1.165, 1.54) is 12.1 Å². The number of non-ortho nitro benzene ring substituents is 1. The highest BCUT2D eigenvalue weighted by Gasteiger charge is 2.14. The Balaban J connectivity index is 2.35. The van der Waals surface area contributed by atoms with Gasteiger partial charge in [0.15, 0.2) is 0 Å². The van der Waals surface area contributed by atoms with E-state index in [1.807, 2.05) is 0 Å². The maximum atomic E-state index is 10.6. The van der Waals surface area contributed by atoms with Crippen LogP contribution in [0.1, 0.15) is 11.5 Å². The third kappa shape index (κ3) is 2.35. The van der Waals surface area contributed by atoms with Crippen LogP contribution in [0.25, 0.3) is 11.5 Å². The SMILES string of the molecule is CNCc1nnc(-c2ccc([N+](=O)[O-])cc2C)o1. The lowest BCUT2D eigenvalue weighted by atomic mass is 10.1. The second-order valence-electron chi connectivity index (χ2n) is 3.79. The number of hydrogen-bond acceptors (Lipinski definition) is 6. The quantitative estimate of drug-likeness (QED) is 0.653. The number of nitrogens with one attached hydrogen (secondary N) is 1. The topological polar surface area (TPSA) is 94.1 Å². The summed E-state index contributed by atoms with van der Waals surface area (Å²) in [6.07, 6.45) is 0. The molecular weight excluding hydrogens is 236 g/mol. The summed E-state index contributed by atoms with van der Waals surface area (Å²) in [5.74, 6) is 0.845. The van der Waals surface area contributed by atoms with Crippen molar-refractivity contribution in [3.8, 4) is 11.5 Å². The molecule has 0 amide bonds.